The first kappa shape index (κ1) is 75.2. The van der Waals surface area contributed by atoms with Crippen LogP contribution in [0, 0.1) is 94.7 Å². The minimum absolute atomic E-state index is 0.0238. The molecule has 4 saturated carbocycles. The van der Waals surface area contributed by atoms with Gasteiger partial charge in [0.25, 0.3) is 0 Å². The molecule has 20 fully saturated rings. The van der Waals surface area contributed by atoms with Gasteiger partial charge in [0.2, 0.25) is 23.1 Å². The summed E-state index contributed by atoms with van der Waals surface area (Å²) in [6.45, 7) is 27.4. The van der Waals surface area contributed by atoms with Crippen LogP contribution in [-0.4, -0.2) is 195 Å². The number of carbonyl (C=O) groups excluding carboxylic acids is 4. The maximum atomic E-state index is 14.2. The van der Waals surface area contributed by atoms with Gasteiger partial charge in [0.1, 0.15) is 26.4 Å². The van der Waals surface area contributed by atoms with Gasteiger partial charge in [-0.1, -0.05) is 55.4 Å². The summed E-state index contributed by atoms with van der Waals surface area (Å²) < 4.78 is 78.2. The molecule has 4 unspecified atom stereocenters. The highest BCUT2D eigenvalue weighted by atomic mass is 17.3. The number of hydrogen-bond donors (Lipinski definition) is 0. The Hall–Kier alpha value is -2.84. The Morgan fingerprint density at radius 3 is 0.740 bits per heavy atom. The van der Waals surface area contributed by atoms with Gasteiger partial charge >= 0.3 is 23.9 Å². The molecule has 0 radical (unpaired) electrons. The molecule has 0 aromatic heterocycles. The van der Waals surface area contributed by atoms with Crippen molar-refractivity contribution in [3.63, 3.8) is 0 Å². The summed E-state index contributed by atoms with van der Waals surface area (Å²) >= 11 is 0. The number of rotatable bonds is 23. The molecule has 26 nitrogen and oxygen atoms in total. The lowest BCUT2D eigenvalue weighted by molar-refractivity contribution is -0.571. The lowest BCUT2D eigenvalue weighted by Crippen LogP contribution is -2.70. The molecular weight excluding hydrogens is 1350 g/mol. The van der Waals surface area contributed by atoms with Crippen LogP contribution < -0.4 is 0 Å². The highest BCUT2D eigenvalue weighted by Crippen LogP contribution is 2.66. The third-order valence-electron chi connectivity index (χ3n) is 30.1. The summed E-state index contributed by atoms with van der Waals surface area (Å²) in [6, 6.07) is 0. The summed E-state index contributed by atoms with van der Waals surface area (Å²) in [6.07, 6.45) is 9.52. The number of ether oxygens (including phenoxy) is 12. The predicted molar refractivity (Wildman–Crippen MR) is 362 cm³/mol. The molecule has 26 heteroatoms. The van der Waals surface area contributed by atoms with E-state index in [1.807, 2.05) is 27.7 Å². The van der Waals surface area contributed by atoms with Gasteiger partial charge in [-0.2, -0.15) is 0 Å². The smallest absolute Gasteiger partial charge is 0.308 e. The van der Waals surface area contributed by atoms with Crippen LogP contribution in [0.25, 0.3) is 0 Å². The Morgan fingerprint density at radius 2 is 0.519 bits per heavy atom. The largest absolute Gasteiger partial charge is 0.464 e. The van der Waals surface area contributed by atoms with Crippen molar-refractivity contribution >= 4 is 23.9 Å². The Bertz CT molecular complexity index is 2740. The van der Waals surface area contributed by atoms with Gasteiger partial charge in [-0.25, -0.2) is 39.1 Å². The zero-order chi connectivity index (χ0) is 72.7. The van der Waals surface area contributed by atoms with Crippen LogP contribution in [0.5, 0.6) is 0 Å². The molecule has 0 amide bonds. The maximum absolute atomic E-state index is 14.2. The van der Waals surface area contributed by atoms with Gasteiger partial charge in [0.15, 0.2) is 47.6 Å². The molecule has 16 saturated heterocycles. The molecule has 0 N–H and O–H groups in total. The molecule has 32 atom stereocenters. The monoisotopic (exact) mass is 1470 g/mol. The van der Waals surface area contributed by atoms with Crippen LogP contribution in [0.1, 0.15) is 212 Å². The third-order valence-corrected chi connectivity index (χ3v) is 30.1. The minimum atomic E-state index is -0.953. The number of carbonyl (C=O) groups is 4. The summed E-state index contributed by atoms with van der Waals surface area (Å²) in [5.74, 6) is -3.05. The van der Waals surface area contributed by atoms with Crippen molar-refractivity contribution in [2.45, 2.75) is 307 Å². The predicted octanol–water partition coefficient (Wildman–Crippen LogP) is 10.3. The molecule has 0 aromatic carbocycles. The number of nitrogens with zero attached hydrogens (tertiary/aromatic N) is 2. The van der Waals surface area contributed by atoms with Gasteiger partial charge in [-0.05, 0) is 176 Å². The second kappa shape index (κ2) is 28.7. The van der Waals surface area contributed by atoms with Crippen molar-refractivity contribution in [2.24, 2.45) is 94.7 Å². The van der Waals surface area contributed by atoms with Crippen molar-refractivity contribution < 1.29 is 115 Å². The number of hydrogen-bond acceptors (Lipinski definition) is 26. The fraction of sp³-hybridized carbons (Fsp3) is 0.949. The highest BCUT2D eigenvalue weighted by molar-refractivity contribution is 5.71. The SMILES string of the molecule is C[C@@H]1CC[C@H]2[C@@H](C)C(CC(=O)OCCN(CCOC(=O)CC3O[C@@H]4O[C@]5(C)CC[C@H]6[C@H](C)CC[C@@H]([C@H]3C)[C@@]46OO5)CCN(CCOC(=O)CC3O[C@@H]4O[C@]5(C)CC[C@H]6[C@H](C)CC[C@@H]([C@H]3C)[C@@]46OO5)CCOC(=O)CC3O[C@@H]4O[C@]5(C)CC[C@H]6[C@H](C)CC[C@@H]([C@H]3C)[C@@]46OO5)O[C@@H]3O[C@]4(C)CC[C@@H]1[C@]32OO4. The van der Waals surface area contributed by atoms with Crippen LogP contribution in [0.2, 0.25) is 0 Å². The maximum Gasteiger partial charge on any atom is 0.308 e. The molecule has 16 heterocycles. The molecular formula is C78H120N2O24. The van der Waals surface area contributed by atoms with E-state index in [1.165, 1.54) is 0 Å². The first-order chi connectivity index (χ1) is 49.7. The van der Waals surface area contributed by atoms with Crippen LogP contribution >= 0.6 is 0 Å². The van der Waals surface area contributed by atoms with E-state index in [1.54, 1.807) is 0 Å². The fourth-order valence-corrected chi connectivity index (χ4v) is 23.8. The van der Waals surface area contributed by atoms with E-state index >= 15 is 0 Å². The molecule has 8 bridgehead atoms. The molecule has 20 rings (SSSR count). The topological polar surface area (TPSA) is 259 Å². The van der Waals surface area contributed by atoms with Crippen molar-refractivity contribution in [1.82, 2.24) is 9.80 Å². The van der Waals surface area contributed by atoms with Crippen molar-refractivity contribution in [3.05, 3.63) is 0 Å². The normalized spacial score (nSPS) is 50.6. The molecule has 104 heavy (non-hydrogen) atoms. The molecule has 0 aromatic rings. The third kappa shape index (κ3) is 13.1. The van der Waals surface area contributed by atoms with Gasteiger partial charge in [0.05, 0.1) is 50.1 Å². The first-order valence-electron chi connectivity index (χ1n) is 40.6. The Labute approximate surface area is 613 Å². The highest BCUT2D eigenvalue weighted by Gasteiger charge is 2.74. The quantitative estimate of drug-likeness (QED) is 0.0523. The van der Waals surface area contributed by atoms with E-state index in [0.29, 0.717) is 88.6 Å². The van der Waals surface area contributed by atoms with E-state index in [2.05, 4.69) is 65.2 Å². The van der Waals surface area contributed by atoms with Crippen molar-refractivity contribution in [3.8, 4) is 0 Å². The van der Waals surface area contributed by atoms with Crippen molar-refractivity contribution in [1.29, 1.82) is 0 Å². The molecule has 586 valence electrons. The van der Waals surface area contributed by atoms with Crippen LogP contribution in [-0.2, 0) is 115 Å². The molecule has 4 aliphatic carbocycles. The van der Waals surface area contributed by atoms with Crippen molar-refractivity contribution in [2.75, 3.05) is 65.7 Å². The summed E-state index contributed by atoms with van der Waals surface area (Å²) in [5.41, 5.74) is -3.04. The number of esters is 4. The first-order valence-corrected chi connectivity index (χ1v) is 40.6. The average molecular weight is 1470 g/mol. The molecule has 4 spiro atoms. The summed E-state index contributed by atoms with van der Waals surface area (Å²) in [4.78, 5) is 111. The van der Waals surface area contributed by atoms with Crippen LogP contribution in [0.3, 0.4) is 0 Å². The van der Waals surface area contributed by atoms with Gasteiger partial charge < -0.3 is 56.8 Å². The van der Waals surface area contributed by atoms with Crippen LogP contribution in [0.15, 0.2) is 0 Å². The second-order valence-electron chi connectivity index (χ2n) is 36.2. The number of fused-ring (bicyclic) bond motifs is 8. The average Bonchev–Trinajstić information content (AvgIpc) is 1.29. The second-order valence-corrected chi connectivity index (χ2v) is 36.2. The summed E-state index contributed by atoms with van der Waals surface area (Å²) in [7, 11) is 0. The Balaban J connectivity index is 0.592. The van der Waals surface area contributed by atoms with Gasteiger partial charge in [-0.3, -0.25) is 29.0 Å². The zero-order valence-corrected chi connectivity index (χ0v) is 63.8. The van der Waals surface area contributed by atoms with E-state index in [0.717, 1.165) is 77.0 Å². The van der Waals surface area contributed by atoms with E-state index < -0.39 is 119 Å². The molecule has 20 aliphatic rings. The summed E-state index contributed by atoms with van der Waals surface area (Å²) in [5, 5.41) is 0. The Kier molecular flexibility index (Phi) is 20.8. The minimum Gasteiger partial charge on any atom is -0.464 e. The van der Waals surface area contributed by atoms with Crippen LogP contribution in [0.4, 0.5) is 0 Å². The van der Waals surface area contributed by atoms with E-state index in [9.17, 15) is 19.2 Å². The van der Waals surface area contributed by atoms with E-state index in [4.69, 9.17) is 95.9 Å². The zero-order valence-electron chi connectivity index (χ0n) is 63.8. The molecule has 16 aliphatic heterocycles. The van der Waals surface area contributed by atoms with Gasteiger partial charge in [0, 0.05) is 88.6 Å². The standard InChI is InChI=1S/C78H120N2O24/c1-43-13-17-55-47(5)59(89-67-75(55)51(43)21-25-71(9,93-67)97-101-75)39-63(81)85-35-31-79(32-36-86-64(82)40-60-48(6)56-18-14-44(2)52-22-26-72(10)94-68(90-60)76(52,56)102-98-72)29-30-80(33-37-87-65(83)41-61-49(7)57-19-15-45(3)53-23-27-73(11)95-69(91-61)77(53,57)103-99-73)34-38-88-66(84)42-62-50(8)58-20-16-46(4)54-24-28-74(12)96-70(92-62)78(54,58)104-100-74/h43-62,67-70H,13-42H2,1-12H3/t43-,44-,45-,46-,47-,48-,49-,50-,51+,52+,53+,54+,55+,56+,57+,58+,59?,60?,61?,62?,67-,68-,69-,70-,71+,72+,73+,74+,75-,76-,77-,78-/m1/s1. The fourth-order valence-electron chi connectivity index (χ4n) is 23.8. The van der Waals surface area contributed by atoms with E-state index in [-0.39, 0.29) is 123 Å². The lowest BCUT2D eigenvalue weighted by atomic mass is 9.57. The lowest BCUT2D eigenvalue weighted by Gasteiger charge is -2.60. The Morgan fingerprint density at radius 1 is 0.298 bits per heavy atom. The van der Waals surface area contributed by atoms with Gasteiger partial charge in [-0.15, -0.1) is 0 Å².